The molecular weight excluding hydrogens is 340 g/mol. The Morgan fingerprint density at radius 2 is 1.81 bits per heavy atom. The number of benzene rings is 1. The Balaban J connectivity index is 1.45. The molecule has 1 aromatic carbocycles. The Morgan fingerprint density at radius 3 is 2.41 bits per heavy atom. The fraction of sp³-hybridized carbons (Fsp3) is 0.682. The van der Waals surface area contributed by atoms with Crippen LogP contribution >= 0.6 is 0 Å². The predicted molar refractivity (Wildman–Crippen MR) is 107 cm³/mol. The first-order chi connectivity index (χ1) is 13.0. The van der Waals surface area contributed by atoms with Crippen molar-refractivity contribution >= 4 is 5.91 Å². The zero-order chi connectivity index (χ0) is 19.3. The van der Waals surface area contributed by atoms with E-state index in [1.165, 1.54) is 5.56 Å². The van der Waals surface area contributed by atoms with Crippen molar-refractivity contribution in [2.24, 2.45) is 5.92 Å². The van der Waals surface area contributed by atoms with E-state index < -0.39 is 5.60 Å². The Morgan fingerprint density at radius 1 is 1.19 bits per heavy atom. The van der Waals surface area contributed by atoms with Gasteiger partial charge in [-0.25, -0.2) is 0 Å². The Kier molecular flexibility index (Phi) is 6.90. The average molecular weight is 375 g/mol. The van der Waals surface area contributed by atoms with E-state index in [2.05, 4.69) is 35.2 Å². The number of nitrogens with zero attached hydrogens (tertiary/aromatic N) is 2. The smallest absolute Gasteiger partial charge is 0.239 e. The lowest BCUT2D eigenvalue weighted by Crippen LogP contribution is -2.54. The number of hydrogen-bond acceptors (Lipinski definition) is 4. The molecule has 1 aromatic rings. The predicted octanol–water partition coefficient (Wildman–Crippen LogP) is 2.33. The van der Waals surface area contributed by atoms with Gasteiger partial charge in [0.15, 0.2) is 0 Å². The molecule has 0 aliphatic carbocycles. The largest absolute Gasteiger partial charge is 0.387 e. The maximum atomic E-state index is 12.9. The molecule has 1 unspecified atom stereocenters. The Hall–Kier alpha value is -1.43. The quantitative estimate of drug-likeness (QED) is 0.830. The third-order valence-corrected chi connectivity index (χ3v) is 6.34. The first kappa shape index (κ1) is 20.3. The molecule has 2 heterocycles. The van der Waals surface area contributed by atoms with Gasteiger partial charge in [0.1, 0.15) is 0 Å². The van der Waals surface area contributed by atoms with E-state index in [4.69, 9.17) is 4.74 Å². The number of aliphatic hydroxyl groups is 1. The van der Waals surface area contributed by atoms with Gasteiger partial charge in [0, 0.05) is 20.2 Å². The summed E-state index contributed by atoms with van der Waals surface area (Å²) in [5.74, 6) is 0.918. The van der Waals surface area contributed by atoms with Crippen LogP contribution in [-0.2, 0) is 16.0 Å². The minimum Gasteiger partial charge on any atom is -0.387 e. The first-order valence-corrected chi connectivity index (χ1v) is 10.3. The lowest BCUT2D eigenvalue weighted by atomic mass is 9.89. The van der Waals surface area contributed by atoms with Gasteiger partial charge >= 0.3 is 0 Å². The second-order valence-electron chi connectivity index (χ2n) is 8.33. The van der Waals surface area contributed by atoms with E-state index in [0.29, 0.717) is 38.5 Å². The maximum Gasteiger partial charge on any atom is 0.239 e. The second-order valence-corrected chi connectivity index (χ2v) is 8.33. The van der Waals surface area contributed by atoms with Crippen LogP contribution < -0.4 is 0 Å². The fourth-order valence-corrected chi connectivity index (χ4v) is 4.47. The van der Waals surface area contributed by atoms with E-state index in [1.54, 1.807) is 7.11 Å². The Labute approximate surface area is 163 Å². The number of rotatable bonds is 6. The molecule has 1 N–H and O–H groups in total. The van der Waals surface area contributed by atoms with Gasteiger partial charge < -0.3 is 14.7 Å². The van der Waals surface area contributed by atoms with E-state index >= 15 is 0 Å². The lowest BCUT2D eigenvalue weighted by molar-refractivity contribution is -0.143. The van der Waals surface area contributed by atoms with Crippen molar-refractivity contribution in [3.63, 3.8) is 0 Å². The summed E-state index contributed by atoms with van der Waals surface area (Å²) in [6.07, 6.45) is 4.64. The molecule has 0 saturated carbocycles. The topological polar surface area (TPSA) is 53.0 Å². The number of likely N-dealkylation sites (tertiary alicyclic amines) is 2. The zero-order valence-corrected chi connectivity index (χ0v) is 16.8. The Bertz CT molecular complexity index is 591. The molecule has 27 heavy (non-hydrogen) atoms. The molecule has 1 atom stereocenters. The summed E-state index contributed by atoms with van der Waals surface area (Å²) in [7, 11) is 1.61. The highest BCUT2D eigenvalue weighted by molar-refractivity contribution is 5.81. The fourth-order valence-electron chi connectivity index (χ4n) is 4.47. The number of methoxy groups -OCH3 is 1. The summed E-state index contributed by atoms with van der Waals surface area (Å²) in [6.45, 7) is 5.61. The van der Waals surface area contributed by atoms with Crippen LogP contribution in [0.25, 0.3) is 0 Å². The molecule has 1 amide bonds. The number of carbonyl (C=O) groups excluding carboxylic acids is 1. The van der Waals surface area contributed by atoms with Crippen molar-refractivity contribution in [3.8, 4) is 0 Å². The average Bonchev–Trinajstić information content (AvgIpc) is 2.69. The number of hydrogen-bond donors (Lipinski definition) is 1. The molecule has 0 radical (unpaired) electrons. The molecule has 5 nitrogen and oxygen atoms in total. The molecule has 5 heteroatoms. The SMILES string of the molecule is COCC1(O)CCN(C(=O)C(C)N2CCC(Cc3ccccc3)CC2)CC1. The van der Waals surface area contributed by atoms with Crippen LogP contribution in [0.4, 0.5) is 0 Å². The summed E-state index contributed by atoms with van der Waals surface area (Å²) in [4.78, 5) is 17.2. The minimum atomic E-state index is -0.773. The van der Waals surface area contributed by atoms with Crippen LogP contribution in [-0.4, -0.2) is 72.4 Å². The van der Waals surface area contributed by atoms with Crippen molar-refractivity contribution in [1.29, 1.82) is 0 Å². The molecule has 2 aliphatic rings. The molecule has 0 spiro atoms. The van der Waals surface area contributed by atoms with Gasteiger partial charge in [0.25, 0.3) is 0 Å². The molecule has 2 fully saturated rings. The summed E-state index contributed by atoms with van der Waals surface area (Å²) < 4.78 is 5.11. The normalized spacial score (nSPS) is 22.6. The highest BCUT2D eigenvalue weighted by Crippen LogP contribution is 2.26. The van der Waals surface area contributed by atoms with Gasteiger partial charge in [-0.1, -0.05) is 30.3 Å². The van der Waals surface area contributed by atoms with E-state index in [9.17, 15) is 9.90 Å². The van der Waals surface area contributed by atoms with Crippen molar-refractivity contribution < 1.29 is 14.6 Å². The first-order valence-electron chi connectivity index (χ1n) is 10.3. The van der Waals surface area contributed by atoms with Gasteiger partial charge in [-0.2, -0.15) is 0 Å². The molecule has 2 aliphatic heterocycles. The highest BCUT2D eigenvalue weighted by atomic mass is 16.5. The molecule has 0 bridgehead atoms. The number of carbonyl (C=O) groups is 1. The molecule has 150 valence electrons. The van der Waals surface area contributed by atoms with Gasteiger partial charge in [-0.3, -0.25) is 9.69 Å². The van der Waals surface area contributed by atoms with Gasteiger partial charge in [0.2, 0.25) is 5.91 Å². The van der Waals surface area contributed by atoms with Crippen LogP contribution in [0.3, 0.4) is 0 Å². The minimum absolute atomic E-state index is 0.0729. The second kappa shape index (κ2) is 9.18. The molecule has 3 rings (SSSR count). The number of ether oxygens (including phenoxy) is 1. The standard InChI is InChI=1S/C22H34N2O3/c1-18(21(25)24-14-10-22(26,11-15-24)17-27-2)23-12-8-20(9-13-23)16-19-6-4-3-5-7-19/h3-7,18,20,26H,8-17H2,1-2H3. The van der Waals surface area contributed by atoms with Crippen molar-refractivity contribution in [2.75, 3.05) is 39.9 Å². The molecular formula is C22H34N2O3. The van der Waals surface area contributed by atoms with Gasteiger partial charge in [-0.15, -0.1) is 0 Å². The van der Waals surface area contributed by atoms with Crippen LogP contribution in [0, 0.1) is 5.92 Å². The van der Waals surface area contributed by atoms with Crippen LogP contribution in [0.15, 0.2) is 30.3 Å². The molecule has 2 saturated heterocycles. The third kappa shape index (κ3) is 5.31. The third-order valence-electron chi connectivity index (χ3n) is 6.34. The van der Waals surface area contributed by atoms with Crippen molar-refractivity contribution in [1.82, 2.24) is 9.80 Å². The summed E-state index contributed by atoms with van der Waals surface area (Å²) in [5.41, 5.74) is 0.641. The van der Waals surface area contributed by atoms with E-state index in [-0.39, 0.29) is 11.9 Å². The number of piperidine rings is 2. The van der Waals surface area contributed by atoms with Crippen molar-refractivity contribution in [3.05, 3.63) is 35.9 Å². The molecule has 0 aromatic heterocycles. The maximum absolute atomic E-state index is 12.9. The summed E-state index contributed by atoms with van der Waals surface area (Å²) in [5, 5.41) is 10.4. The lowest BCUT2D eigenvalue weighted by Gasteiger charge is -2.41. The van der Waals surface area contributed by atoms with Crippen molar-refractivity contribution in [2.45, 2.75) is 50.7 Å². The van der Waals surface area contributed by atoms with E-state index in [1.807, 2.05) is 11.8 Å². The number of amides is 1. The zero-order valence-electron chi connectivity index (χ0n) is 16.8. The summed E-state index contributed by atoms with van der Waals surface area (Å²) >= 11 is 0. The van der Waals surface area contributed by atoms with Crippen LogP contribution in [0.2, 0.25) is 0 Å². The van der Waals surface area contributed by atoms with Crippen LogP contribution in [0.5, 0.6) is 0 Å². The van der Waals surface area contributed by atoms with Crippen LogP contribution in [0.1, 0.15) is 38.2 Å². The monoisotopic (exact) mass is 374 g/mol. The van der Waals surface area contributed by atoms with Gasteiger partial charge in [-0.05, 0) is 63.6 Å². The van der Waals surface area contributed by atoms with E-state index in [0.717, 1.165) is 32.4 Å². The summed E-state index contributed by atoms with van der Waals surface area (Å²) in [6, 6.07) is 10.6. The highest BCUT2D eigenvalue weighted by Gasteiger charge is 2.36. The van der Waals surface area contributed by atoms with Gasteiger partial charge in [0.05, 0.1) is 18.2 Å².